The Balaban J connectivity index is 1.42. The minimum Gasteiger partial charge on any atom is -0.471 e. The van der Waals surface area contributed by atoms with Gasteiger partial charge in [-0.05, 0) is 78.8 Å². The molecule has 1 aliphatic rings. The predicted molar refractivity (Wildman–Crippen MR) is 139 cm³/mol. The Kier molecular flexibility index (Phi) is 3.94. The molecule has 0 saturated heterocycles. The van der Waals surface area contributed by atoms with Crippen molar-refractivity contribution in [1.82, 2.24) is 0 Å². The van der Waals surface area contributed by atoms with Gasteiger partial charge in [-0.3, -0.25) is 0 Å². The van der Waals surface area contributed by atoms with Crippen LogP contribution in [0.1, 0.15) is 0 Å². The molecule has 0 unspecified atom stereocenters. The Morgan fingerprint density at radius 2 is 1.00 bits per heavy atom. The van der Waals surface area contributed by atoms with Crippen molar-refractivity contribution in [1.29, 1.82) is 0 Å². The lowest BCUT2D eigenvalue weighted by molar-refractivity contribution is 0.372. The number of rotatable bonds is 2. The molecule has 6 aromatic carbocycles. The monoisotopic (exact) mass is 423 g/mol. The van der Waals surface area contributed by atoms with E-state index in [9.17, 15) is 0 Å². The minimum atomic E-state index is 0.540. The molecule has 1 aliphatic heterocycles. The van der Waals surface area contributed by atoms with Gasteiger partial charge in [-0.15, -0.1) is 0 Å². The lowest BCUT2D eigenvalue weighted by Gasteiger charge is -2.12. The molecule has 1 N–H and O–H groups in total. The van der Waals surface area contributed by atoms with Crippen LogP contribution in [0.5, 0.6) is 5.75 Å². The first-order chi connectivity index (χ1) is 16.3. The van der Waals surface area contributed by atoms with E-state index in [0.29, 0.717) is 6.73 Å². The first kappa shape index (κ1) is 18.3. The van der Waals surface area contributed by atoms with Crippen molar-refractivity contribution in [3.63, 3.8) is 0 Å². The van der Waals surface area contributed by atoms with Crippen molar-refractivity contribution in [2.75, 3.05) is 12.0 Å². The standard InChI is InChI=1S/C31H21NO/c1-2-10-26-24(8-1)25-9-3-4-11-27(25)29-17-22(12-14-28(26)29)20-6-5-7-21(16-20)23-13-15-30-31(18-23)33-19-32-30/h1-18,32H,19H2. The molecule has 33 heavy (non-hydrogen) atoms. The number of benzene rings is 6. The third-order valence-electron chi connectivity index (χ3n) is 6.75. The van der Waals surface area contributed by atoms with Crippen molar-refractivity contribution in [2.45, 2.75) is 0 Å². The number of ether oxygens (including phenoxy) is 1. The maximum atomic E-state index is 5.69. The van der Waals surface area contributed by atoms with Gasteiger partial charge in [0.1, 0.15) is 5.75 Å². The van der Waals surface area contributed by atoms with Gasteiger partial charge < -0.3 is 10.1 Å². The van der Waals surface area contributed by atoms with Crippen molar-refractivity contribution < 1.29 is 4.74 Å². The summed E-state index contributed by atoms with van der Waals surface area (Å²) in [4.78, 5) is 0. The van der Waals surface area contributed by atoms with Crippen molar-refractivity contribution >= 4 is 38.0 Å². The number of anilines is 1. The van der Waals surface area contributed by atoms with E-state index in [1.165, 1.54) is 49.0 Å². The summed E-state index contributed by atoms with van der Waals surface area (Å²) in [5, 5.41) is 11.0. The topological polar surface area (TPSA) is 21.3 Å². The van der Waals surface area contributed by atoms with Crippen LogP contribution in [0.3, 0.4) is 0 Å². The van der Waals surface area contributed by atoms with E-state index in [1.54, 1.807) is 0 Å². The SMILES string of the molecule is c1cc(-c2ccc3c(c2)OCN3)cc(-c2ccc3c4ccccc4c4ccccc4c3c2)c1. The summed E-state index contributed by atoms with van der Waals surface area (Å²) >= 11 is 0. The first-order valence-electron chi connectivity index (χ1n) is 11.3. The summed E-state index contributed by atoms with van der Waals surface area (Å²) in [5.41, 5.74) is 5.85. The van der Waals surface area contributed by atoms with Gasteiger partial charge in [0.2, 0.25) is 0 Å². The highest BCUT2D eigenvalue weighted by atomic mass is 16.5. The van der Waals surface area contributed by atoms with E-state index in [2.05, 4.69) is 115 Å². The molecule has 0 bridgehead atoms. The van der Waals surface area contributed by atoms with E-state index in [-0.39, 0.29) is 0 Å². The molecule has 7 rings (SSSR count). The van der Waals surface area contributed by atoms with Gasteiger partial charge in [-0.2, -0.15) is 0 Å². The molecule has 2 nitrogen and oxygen atoms in total. The number of fused-ring (bicyclic) bond motifs is 7. The molecule has 156 valence electrons. The molecular formula is C31H21NO. The summed E-state index contributed by atoms with van der Waals surface area (Å²) in [6.45, 7) is 0.540. The van der Waals surface area contributed by atoms with Crippen LogP contribution >= 0.6 is 0 Å². The van der Waals surface area contributed by atoms with Crippen molar-refractivity contribution in [3.8, 4) is 28.0 Å². The molecule has 0 radical (unpaired) electrons. The van der Waals surface area contributed by atoms with E-state index < -0.39 is 0 Å². The molecule has 0 fully saturated rings. The average molecular weight is 424 g/mol. The zero-order valence-corrected chi connectivity index (χ0v) is 18.0. The molecule has 6 aromatic rings. The van der Waals surface area contributed by atoms with Crippen molar-refractivity contribution in [2.24, 2.45) is 0 Å². The summed E-state index contributed by atoms with van der Waals surface area (Å²) < 4.78 is 5.69. The van der Waals surface area contributed by atoms with Gasteiger partial charge in [-0.25, -0.2) is 0 Å². The fourth-order valence-electron chi connectivity index (χ4n) is 5.12. The molecule has 0 amide bonds. The molecule has 2 heteroatoms. The largest absolute Gasteiger partial charge is 0.471 e. The second-order valence-corrected chi connectivity index (χ2v) is 8.61. The Morgan fingerprint density at radius 3 is 1.70 bits per heavy atom. The summed E-state index contributed by atoms with van der Waals surface area (Å²) in [5.74, 6) is 0.918. The zero-order valence-electron chi connectivity index (χ0n) is 18.0. The summed E-state index contributed by atoms with van der Waals surface area (Å²) in [6.07, 6.45) is 0. The quantitative estimate of drug-likeness (QED) is 0.283. The van der Waals surface area contributed by atoms with Crippen LogP contribution in [-0.4, -0.2) is 6.73 Å². The summed E-state index contributed by atoms with van der Waals surface area (Å²) in [7, 11) is 0. The van der Waals surface area contributed by atoms with E-state index >= 15 is 0 Å². The molecule has 0 saturated carbocycles. The van der Waals surface area contributed by atoms with Crippen LogP contribution in [-0.2, 0) is 0 Å². The Bertz CT molecular complexity index is 1660. The number of hydrogen-bond acceptors (Lipinski definition) is 2. The molecule has 0 aliphatic carbocycles. The smallest absolute Gasteiger partial charge is 0.159 e. The molecular weight excluding hydrogens is 402 g/mol. The van der Waals surface area contributed by atoms with Crippen LogP contribution in [0.25, 0.3) is 54.6 Å². The molecule has 0 spiro atoms. The normalized spacial score (nSPS) is 12.6. The third-order valence-corrected chi connectivity index (χ3v) is 6.75. The Labute approximate surface area is 192 Å². The fraction of sp³-hybridized carbons (Fsp3) is 0.0323. The Morgan fingerprint density at radius 1 is 0.455 bits per heavy atom. The molecule has 0 atom stereocenters. The van der Waals surface area contributed by atoms with Gasteiger partial charge in [0.15, 0.2) is 6.73 Å². The van der Waals surface area contributed by atoms with Crippen LogP contribution in [0.2, 0.25) is 0 Å². The lowest BCUT2D eigenvalue weighted by Crippen LogP contribution is -1.96. The maximum absolute atomic E-state index is 5.69. The predicted octanol–water partition coefficient (Wildman–Crippen LogP) is 8.24. The van der Waals surface area contributed by atoms with Gasteiger partial charge in [0.25, 0.3) is 0 Å². The van der Waals surface area contributed by atoms with E-state index in [0.717, 1.165) is 17.0 Å². The second-order valence-electron chi connectivity index (χ2n) is 8.61. The van der Waals surface area contributed by atoms with Crippen LogP contribution in [0.4, 0.5) is 5.69 Å². The Hall–Kier alpha value is -4.30. The molecule has 1 heterocycles. The van der Waals surface area contributed by atoms with Gasteiger partial charge in [-0.1, -0.05) is 84.9 Å². The second kappa shape index (κ2) is 7.11. The first-order valence-corrected chi connectivity index (χ1v) is 11.3. The van der Waals surface area contributed by atoms with Crippen LogP contribution < -0.4 is 10.1 Å². The fourth-order valence-corrected chi connectivity index (χ4v) is 5.12. The van der Waals surface area contributed by atoms with Gasteiger partial charge in [0.05, 0.1) is 5.69 Å². The van der Waals surface area contributed by atoms with Gasteiger partial charge in [0, 0.05) is 0 Å². The van der Waals surface area contributed by atoms with Crippen molar-refractivity contribution in [3.05, 3.63) is 109 Å². The highest BCUT2D eigenvalue weighted by molar-refractivity contribution is 6.25. The number of nitrogens with one attached hydrogen (secondary N) is 1. The van der Waals surface area contributed by atoms with Crippen LogP contribution in [0.15, 0.2) is 109 Å². The molecule has 0 aromatic heterocycles. The zero-order chi connectivity index (χ0) is 21.8. The summed E-state index contributed by atoms with van der Waals surface area (Å²) in [6, 6.07) is 39.5. The third kappa shape index (κ3) is 2.88. The minimum absolute atomic E-state index is 0.540. The lowest BCUT2D eigenvalue weighted by atomic mass is 9.91. The van der Waals surface area contributed by atoms with E-state index in [1.807, 2.05) is 0 Å². The highest BCUT2D eigenvalue weighted by Gasteiger charge is 2.13. The van der Waals surface area contributed by atoms with E-state index in [4.69, 9.17) is 4.74 Å². The maximum Gasteiger partial charge on any atom is 0.159 e. The highest BCUT2D eigenvalue weighted by Crippen LogP contribution is 2.38. The number of hydrogen-bond donors (Lipinski definition) is 1. The average Bonchev–Trinajstić information content (AvgIpc) is 3.37. The van der Waals surface area contributed by atoms with Gasteiger partial charge >= 0.3 is 0 Å². The van der Waals surface area contributed by atoms with Crippen LogP contribution in [0, 0.1) is 0 Å².